The third-order valence-electron chi connectivity index (χ3n) is 4.52. The fourth-order valence-corrected chi connectivity index (χ4v) is 5.01. The van der Waals surface area contributed by atoms with Crippen molar-refractivity contribution in [3.05, 3.63) is 52.2 Å². The van der Waals surface area contributed by atoms with Crippen molar-refractivity contribution in [1.29, 1.82) is 0 Å². The van der Waals surface area contributed by atoms with Gasteiger partial charge in [0.05, 0.1) is 24.7 Å². The minimum atomic E-state index is -3.57. The van der Waals surface area contributed by atoms with Crippen molar-refractivity contribution in [2.45, 2.75) is 11.4 Å². The molecule has 1 aromatic heterocycles. The first kappa shape index (κ1) is 20.9. The highest BCUT2D eigenvalue weighted by Crippen LogP contribution is 2.19. The van der Waals surface area contributed by atoms with Crippen LogP contribution < -0.4 is 0 Å². The zero-order valence-corrected chi connectivity index (χ0v) is 17.4. The summed E-state index contributed by atoms with van der Waals surface area (Å²) in [6.45, 7) is 2.85. The van der Waals surface area contributed by atoms with Gasteiger partial charge in [-0.15, -0.1) is 0 Å². The highest BCUT2D eigenvalue weighted by Gasteiger charge is 2.26. The van der Waals surface area contributed by atoms with Gasteiger partial charge in [-0.25, -0.2) is 8.42 Å². The topological polar surface area (TPSA) is 76.2 Å². The number of nitrogens with zero attached hydrogens (tertiary/aromatic N) is 2. The molecule has 1 fully saturated rings. The van der Waals surface area contributed by atoms with Crippen LogP contribution in [0.4, 0.5) is 0 Å². The molecule has 2 heterocycles. The molecule has 0 saturated carbocycles. The number of carbonyl (C=O) groups excluding carboxylic acids is 1. The minimum absolute atomic E-state index is 0.154. The third kappa shape index (κ3) is 4.98. The van der Waals surface area contributed by atoms with Crippen molar-refractivity contribution < 1.29 is 22.7 Å². The Kier molecular flexibility index (Phi) is 7.19. The number of morpholine rings is 1. The summed E-state index contributed by atoms with van der Waals surface area (Å²) in [6.07, 6.45) is 0. The van der Waals surface area contributed by atoms with Crippen LogP contribution in [0.2, 0.25) is 0 Å². The molecule has 1 saturated heterocycles. The molecule has 1 aromatic carbocycles. The first-order valence-corrected chi connectivity index (χ1v) is 11.4. The van der Waals surface area contributed by atoms with Gasteiger partial charge in [0.2, 0.25) is 10.0 Å². The van der Waals surface area contributed by atoms with Crippen molar-refractivity contribution >= 4 is 27.3 Å². The molecule has 0 unspecified atom stereocenters. The third-order valence-corrected chi connectivity index (χ3v) is 7.16. The second-order valence-electron chi connectivity index (χ2n) is 6.39. The van der Waals surface area contributed by atoms with E-state index in [-0.39, 0.29) is 10.8 Å². The molecule has 7 nitrogen and oxygen atoms in total. The Morgan fingerprint density at radius 1 is 1.21 bits per heavy atom. The largest absolute Gasteiger partial charge is 0.383 e. The van der Waals surface area contributed by atoms with E-state index in [4.69, 9.17) is 9.47 Å². The molecule has 3 rings (SSSR count). The van der Waals surface area contributed by atoms with E-state index in [2.05, 4.69) is 0 Å². The van der Waals surface area contributed by atoms with Crippen LogP contribution >= 0.6 is 11.3 Å². The maximum atomic E-state index is 12.9. The monoisotopic (exact) mass is 424 g/mol. The van der Waals surface area contributed by atoms with Crippen molar-refractivity contribution in [3.8, 4) is 0 Å². The maximum absolute atomic E-state index is 12.9. The standard InChI is InChI=1S/C19H24N2O5S2/c1-25-10-7-20(14-16-6-13-27-15-16)19(22)17-2-4-18(5-3-17)28(23,24)21-8-11-26-12-9-21/h2-6,13,15H,7-12,14H2,1H3. The summed E-state index contributed by atoms with van der Waals surface area (Å²) in [6, 6.07) is 8.12. The molecule has 0 aliphatic carbocycles. The van der Waals surface area contributed by atoms with E-state index in [1.807, 2.05) is 16.8 Å². The Hall–Kier alpha value is -1.78. The van der Waals surface area contributed by atoms with Gasteiger partial charge in [-0.2, -0.15) is 15.6 Å². The van der Waals surface area contributed by atoms with Crippen LogP contribution in [0.3, 0.4) is 0 Å². The van der Waals surface area contributed by atoms with E-state index in [9.17, 15) is 13.2 Å². The van der Waals surface area contributed by atoms with Gasteiger partial charge in [-0.05, 0) is 46.7 Å². The first-order valence-electron chi connectivity index (χ1n) is 8.99. The zero-order valence-electron chi connectivity index (χ0n) is 15.7. The lowest BCUT2D eigenvalue weighted by Crippen LogP contribution is -2.40. The Morgan fingerprint density at radius 2 is 1.93 bits per heavy atom. The van der Waals surface area contributed by atoms with Crippen LogP contribution in [0.15, 0.2) is 46.0 Å². The fraction of sp³-hybridized carbons (Fsp3) is 0.421. The predicted molar refractivity (Wildman–Crippen MR) is 107 cm³/mol. The molecule has 0 radical (unpaired) electrons. The molecule has 0 atom stereocenters. The van der Waals surface area contributed by atoms with Crippen LogP contribution in [0.5, 0.6) is 0 Å². The maximum Gasteiger partial charge on any atom is 0.254 e. The average Bonchev–Trinajstić information content (AvgIpc) is 3.24. The Balaban J connectivity index is 1.75. The van der Waals surface area contributed by atoms with Crippen molar-refractivity contribution in [3.63, 3.8) is 0 Å². The van der Waals surface area contributed by atoms with Crippen LogP contribution in [0.25, 0.3) is 0 Å². The summed E-state index contributed by atoms with van der Waals surface area (Å²) in [7, 11) is -1.97. The molecular formula is C19H24N2O5S2. The zero-order chi connectivity index (χ0) is 20.0. The quantitative estimate of drug-likeness (QED) is 0.648. The second kappa shape index (κ2) is 9.62. The molecule has 1 amide bonds. The van der Waals surface area contributed by atoms with Crippen LogP contribution in [0, 0.1) is 0 Å². The summed E-state index contributed by atoms with van der Waals surface area (Å²) in [4.78, 5) is 14.8. The Bertz CT molecular complexity index is 860. The van der Waals surface area contributed by atoms with Crippen LogP contribution in [0.1, 0.15) is 15.9 Å². The number of amides is 1. The van der Waals surface area contributed by atoms with Gasteiger partial charge in [0.15, 0.2) is 0 Å². The number of carbonyl (C=O) groups is 1. The van der Waals surface area contributed by atoms with Gasteiger partial charge < -0.3 is 14.4 Å². The smallest absolute Gasteiger partial charge is 0.254 e. The molecule has 152 valence electrons. The summed E-state index contributed by atoms with van der Waals surface area (Å²) >= 11 is 1.58. The van der Waals surface area contributed by atoms with E-state index >= 15 is 0 Å². The molecule has 1 aliphatic rings. The highest BCUT2D eigenvalue weighted by atomic mass is 32.2. The van der Waals surface area contributed by atoms with E-state index in [0.29, 0.717) is 51.6 Å². The number of ether oxygens (including phenoxy) is 2. The van der Waals surface area contributed by atoms with Crippen molar-refractivity contribution in [2.75, 3.05) is 46.6 Å². The minimum Gasteiger partial charge on any atom is -0.383 e. The number of thiophene rings is 1. The SMILES string of the molecule is COCCN(Cc1ccsc1)C(=O)c1ccc(S(=O)(=O)N2CCOCC2)cc1. The summed E-state index contributed by atoms with van der Waals surface area (Å²) in [5, 5.41) is 3.98. The number of rotatable bonds is 8. The first-order chi connectivity index (χ1) is 13.5. The van der Waals surface area contributed by atoms with Gasteiger partial charge >= 0.3 is 0 Å². The normalized spacial score (nSPS) is 15.5. The molecule has 28 heavy (non-hydrogen) atoms. The molecular weight excluding hydrogens is 400 g/mol. The van der Waals surface area contributed by atoms with E-state index in [1.165, 1.54) is 16.4 Å². The van der Waals surface area contributed by atoms with E-state index < -0.39 is 10.0 Å². The average molecular weight is 425 g/mol. The van der Waals surface area contributed by atoms with E-state index in [1.54, 1.807) is 35.5 Å². The van der Waals surface area contributed by atoms with Gasteiger partial charge in [-0.1, -0.05) is 0 Å². The summed E-state index contributed by atoms with van der Waals surface area (Å²) in [5.74, 6) is -0.154. The molecule has 2 aromatic rings. The second-order valence-corrected chi connectivity index (χ2v) is 9.11. The molecule has 1 aliphatic heterocycles. The number of sulfonamides is 1. The molecule has 0 N–H and O–H groups in total. The van der Waals surface area contributed by atoms with Crippen molar-refractivity contribution in [2.24, 2.45) is 0 Å². The predicted octanol–water partition coefficient (Wildman–Crippen LogP) is 2.06. The number of benzene rings is 1. The molecule has 0 spiro atoms. The number of hydrogen-bond donors (Lipinski definition) is 0. The fourth-order valence-electron chi connectivity index (χ4n) is 2.94. The van der Waals surface area contributed by atoms with Crippen LogP contribution in [-0.4, -0.2) is 70.1 Å². The molecule has 9 heteroatoms. The lowest BCUT2D eigenvalue weighted by Gasteiger charge is -2.26. The summed E-state index contributed by atoms with van der Waals surface area (Å²) < 4.78 is 37.2. The van der Waals surface area contributed by atoms with Crippen molar-refractivity contribution in [1.82, 2.24) is 9.21 Å². The van der Waals surface area contributed by atoms with Gasteiger partial charge in [-0.3, -0.25) is 4.79 Å². The van der Waals surface area contributed by atoms with Crippen LogP contribution in [-0.2, 0) is 26.0 Å². The Morgan fingerprint density at radius 3 is 2.54 bits per heavy atom. The van der Waals surface area contributed by atoms with Gasteiger partial charge in [0.1, 0.15) is 0 Å². The Labute approximate surface area is 169 Å². The number of methoxy groups -OCH3 is 1. The van der Waals surface area contributed by atoms with Gasteiger partial charge in [0, 0.05) is 38.9 Å². The van der Waals surface area contributed by atoms with Gasteiger partial charge in [0.25, 0.3) is 5.91 Å². The lowest BCUT2D eigenvalue weighted by atomic mass is 10.2. The highest BCUT2D eigenvalue weighted by molar-refractivity contribution is 7.89. The molecule has 0 bridgehead atoms. The lowest BCUT2D eigenvalue weighted by molar-refractivity contribution is 0.0680. The number of hydrogen-bond acceptors (Lipinski definition) is 6. The summed E-state index contributed by atoms with van der Waals surface area (Å²) in [5.41, 5.74) is 1.51. The van der Waals surface area contributed by atoms with E-state index in [0.717, 1.165) is 5.56 Å².